The number of carbonyl (C=O) groups is 1. The number of carbonyl (C=O) groups excluding carboxylic acids is 1. The molecule has 2 heterocycles. The van der Waals surface area contributed by atoms with Gasteiger partial charge >= 0.3 is 0 Å². The van der Waals surface area contributed by atoms with Crippen LogP contribution in [0.1, 0.15) is 23.5 Å². The van der Waals surface area contributed by atoms with Crippen LogP contribution in [0.15, 0.2) is 5.38 Å². The number of nitrogens with zero attached hydrogens (tertiary/aromatic N) is 2. The van der Waals surface area contributed by atoms with Gasteiger partial charge in [0, 0.05) is 30.1 Å². The zero-order valence-electron chi connectivity index (χ0n) is 11.6. The molecule has 0 aromatic carbocycles. The maximum absolute atomic E-state index is 12.0. The Bertz CT molecular complexity index is 575. The van der Waals surface area contributed by atoms with Crippen LogP contribution in [0.5, 0.6) is 0 Å². The molecular weight excluding hydrogens is 298 g/mol. The van der Waals surface area contributed by atoms with Crippen LogP contribution in [0.3, 0.4) is 0 Å². The lowest BCUT2D eigenvalue weighted by molar-refractivity contribution is -0.126. The number of amides is 1. The lowest BCUT2D eigenvalue weighted by atomic mass is 9.97. The first-order valence-corrected chi connectivity index (χ1v) is 9.23. The highest BCUT2D eigenvalue weighted by molar-refractivity contribution is 7.88. The Morgan fingerprint density at radius 2 is 2.15 bits per heavy atom. The van der Waals surface area contributed by atoms with Crippen molar-refractivity contribution in [3.63, 3.8) is 0 Å². The average Bonchev–Trinajstić information content (AvgIpc) is 2.81. The summed E-state index contributed by atoms with van der Waals surface area (Å²) in [7, 11) is -3.13. The van der Waals surface area contributed by atoms with Gasteiger partial charge in [0.05, 0.1) is 12.8 Å². The summed E-state index contributed by atoms with van der Waals surface area (Å²) >= 11 is 1.53. The zero-order valence-corrected chi connectivity index (χ0v) is 13.3. The number of thiazole rings is 1. The SMILES string of the molecule is Cc1csc(CNC(=O)C2CCN(S(C)(=O)=O)CC2)n1. The molecule has 0 unspecified atom stereocenters. The minimum absolute atomic E-state index is 0.00833. The van der Waals surface area contributed by atoms with E-state index in [0.717, 1.165) is 10.7 Å². The maximum Gasteiger partial charge on any atom is 0.223 e. The standard InChI is InChI=1S/C12H19N3O3S2/c1-9-8-19-11(14-9)7-13-12(16)10-3-5-15(6-4-10)20(2,17)18/h8,10H,3-7H2,1-2H3,(H,13,16). The molecule has 1 N–H and O–H groups in total. The van der Waals surface area contributed by atoms with E-state index >= 15 is 0 Å². The smallest absolute Gasteiger partial charge is 0.223 e. The van der Waals surface area contributed by atoms with Crippen molar-refractivity contribution >= 4 is 27.3 Å². The lowest BCUT2D eigenvalue weighted by Crippen LogP contribution is -2.42. The van der Waals surface area contributed by atoms with Crippen molar-refractivity contribution in [2.75, 3.05) is 19.3 Å². The van der Waals surface area contributed by atoms with Crippen LogP contribution < -0.4 is 5.32 Å². The Morgan fingerprint density at radius 1 is 1.50 bits per heavy atom. The van der Waals surface area contributed by atoms with E-state index in [2.05, 4.69) is 10.3 Å². The van der Waals surface area contributed by atoms with Gasteiger partial charge in [0.1, 0.15) is 5.01 Å². The van der Waals surface area contributed by atoms with Gasteiger partial charge in [-0.3, -0.25) is 4.79 Å². The number of hydrogen-bond donors (Lipinski definition) is 1. The molecule has 1 aromatic rings. The molecule has 1 aromatic heterocycles. The quantitative estimate of drug-likeness (QED) is 0.888. The van der Waals surface area contributed by atoms with Crippen LogP contribution in [0.4, 0.5) is 0 Å². The summed E-state index contributed by atoms with van der Waals surface area (Å²) in [6, 6.07) is 0. The fraction of sp³-hybridized carbons (Fsp3) is 0.667. The number of piperidine rings is 1. The minimum atomic E-state index is -3.13. The first-order chi connectivity index (χ1) is 9.36. The Kier molecular flexibility index (Phi) is 4.77. The van der Waals surface area contributed by atoms with Crippen molar-refractivity contribution in [2.45, 2.75) is 26.3 Å². The van der Waals surface area contributed by atoms with Gasteiger partial charge in [-0.05, 0) is 19.8 Å². The van der Waals surface area contributed by atoms with E-state index in [1.807, 2.05) is 12.3 Å². The molecular formula is C12H19N3O3S2. The van der Waals surface area contributed by atoms with Gasteiger partial charge in [-0.25, -0.2) is 17.7 Å². The molecule has 1 fully saturated rings. The number of aromatic nitrogens is 1. The topological polar surface area (TPSA) is 79.4 Å². The number of sulfonamides is 1. The van der Waals surface area contributed by atoms with Gasteiger partial charge < -0.3 is 5.32 Å². The second-order valence-electron chi connectivity index (χ2n) is 5.04. The zero-order chi connectivity index (χ0) is 14.8. The monoisotopic (exact) mass is 317 g/mol. The first kappa shape index (κ1) is 15.4. The highest BCUT2D eigenvalue weighted by Gasteiger charge is 2.28. The van der Waals surface area contributed by atoms with Crippen LogP contribution in [0.25, 0.3) is 0 Å². The molecule has 1 aliphatic rings. The second-order valence-corrected chi connectivity index (χ2v) is 7.96. The summed E-state index contributed by atoms with van der Waals surface area (Å²) in [5.74, 6) is -0.111. The van der Waals surface area contributed by atoms with E-state index in [1.165, 1.54) is 21.9 Å². The minimum Gasteiger partial charge on any atom is -0.349 e. The van der Waals surface area contributed by atoms with Crippen LogP contribution in [-0.4, -0.2) is 43.0 Å². The number of nitrogens with one attached hydrogen (secondary N) is 1. The molecule has 8 heteroatoms. The van der Waals surface area contributed by atoms with E-state index in [1.54, 1.807) is 0 Å². The Morgan fingerprint density at radius 3 is 2.65 bits per heavy atom. The fourth-order valence-electron chi connectivity index (χ4n) is 2.24. The molecule has 0 atom stereocenters. The Hall–Kier alpha value is -0.990. The average molecular weight is 317 g/mol. The van der Waals surface area contributed by atoms with E-state index in [-0.39, 0.29) is 11.8 Å². The summed E-state index contributed by atoms with van der Waals surface area (Å²) < 4.78 is 24.2. The molecule has 0 radical (unpaired) electrons. The third-order valence-electron chi connectivity index (χ3n) is 3.37. The second kappa shape index (κ2) is 6.19. The highest BCUT2D eigenvalue weighted by atomic mass is 32.2. The molecule has 112 valence electrons. The largest absolute Gasteiger partial charge is 0.349 e. The molecule has 1 aliphatic heterocycles. The summed E-state index contributed by atoms with van der Waals surface area (Å²) in [5.41, 5.74) is 0.959. The number of hydrogen-bond acceptors (Lipinski definition) is 5. The highest BCUT2D eigenvalue weighted by Crippen LogP contribution is 2.19. The summed E-state index contributed by atoms with van der Waals surface area (Å²) in [6.07, 6.45) is 2.36. The van der Waals surface area contributed by atoms with Crippen LogP contribution in [0.2, 0.25) is 0 Å². The number of rotatable bonds is 4. The van der Waals surface area contributed by atoms with Crippen LogP contribution in [-0.2, 0) is 21.4 Å². The molecule has 0 spiro atoms. The fourth-order valence-corrected chi connectivity index (χ4v) is 3.83. The van der Waals surface area contributed by atoms with E-state index in [9.17, 15) is 13.2 Å². The molecule has 6 nitrogen and oxygen atoms in total. The molecule has 1 saturated heterocycles. The molecule has 20 heavy (non-hydrogen) atoms. The summed E-state index contributed by atoms with van der Waals surface area (Å²) in [6.45, 7) is 3.22. The van der Waals surface area contributed by atoms with Gasteiger partial charge in [0.25, 0.3) is 0 Å². The third kappa shape index (κ3) is 4.00. The summed E-state index contributed by atoms with van der Waals surface area (Å²) in [5, 5.41) is 5.72. The van der Waals surface area contributed by atoms with Gasteiger partial charge in [-0.1, -0.05) is 0 Å². The first-order valence-electron chi connectivity index (χ1n) is 6.50. The van der Waals surface area contributed by atoms with Crippen molar-refractivity contribution < 1.29 is 13.2 Å². The predicted molar refractivity (Wildman–Crippen MR) is 77.8 cm³/mol. The molecule has 2 rings (SSSR count). The lowest BCUT2D eigenvalue weighted by Gasteiger charge is -2.29. The Balaban J connectivity index is 1.80. The van der Waals surface area contributed by atoms with Gasteiger partial charge in [0.15, 0.2) is 0 Å². The van der Waals surface area contributed by atoms with Crippen molar-refractivity contribution in [3.05, 3.63) is 16.1 Å². The van der Waals surface area contributed by atoms with E-state index in [0.29, 0.717) is 32.5 Å². The van der Waals surface area contributed by atoms with E-state index < -0.39 is 10.0 Å². The molecule has 0 bridgehead atoms. The van der Waals surface area contributed by atoms with Crippen LogP contribution >= 0.6 is 11.3 Å². The predicted octanol–water partition coefficient (Wildman–Crippen LogP) is 0.739. The molecule has 0 saturated carbocycles. The van der Waals surface area contributed by atoms with Crippen molar-refractivity contribution in [2.24, 2.45) is 5.92 Å². The third-order valence-corrected chi connectivity index (χ3v) is 5.64. The van der Waals surface area contributed by atoms with Crippen molar-refractivity contribution in [1.29, 1.82) is 0 Å². The van der Waals surface area contributed by atoms with Gasteiger partial charge in [-0.15, -0.1) is 11.3 Å². The maximum atomic E-state index is 12.0. The van der Waals surface area contributed by atoms with Crippen molar-refractivity contribution in [3.8, 4) is 0 Å². The van der Waals surface area contributed by atoms with Crippen molar-refractivity contribution in [1.82, 2.24) is 14.6 Å². The van der Waals surface area contributed by atoms with Gasteiger partial charge in [0.2, 0.25) is 15.9 Å². The van der Waals surface area contributed by atoms with Gasteiger partial charge in [-0.2, -0.15) is 0 Å². The normalized spacial score (nSPS) is 18.1. The molecule has 0 aliphatic carbocycles. The molecule has 1 amide bonds. The van der Waals surface area contributed by atoms with Crippen LogP contribution in [0, 0.1) is 12.8 Å². The summed E-state index contributed by atoms with van der Waals surface area (Å²) in [4.78, 5) is 16.3. The Labute approximate surface area is 123 Å². The number of aryl methyl sites for hydroxylation is 1. The van der Waals surface area contributed by atoms with E-state index in [4.69, 9.17) is 0 Å².